The van der Waals surface area contributed by atoms with Crippen LogP contribution in [0.2, 0.25) is 0 Å². The molecule has 1 atom stereocenters. The molecule has 2 N–H and O–H groups in total. The first-order chi connectivity index (χ1) is 14.7. The normalized spacial score (nSPS) is 12.9. The van der Waals surface area contributed by atoms with E-state index in [1.807, 2.05) is 61.5 Å². The smallest absolute Gasteiger partial charge is 0.411 e. The van der Waals surface area contributed by atoms with Crippen molar-refractivity contribution in [3.63, 3.8) is 0 Å². The van der Waals surface area contributed by atoms with Crippen molar-refractivity contribution in [1.82, 2.24) is 10.6 Å². The van der Waals surface area contributed by atoms with Crippen molar-refractivity contribution in [2.24, 2.45) is 0 Å². The van der Waals surface area contributed by atoms with Gasteiger partial charge in [-0.15, -0.1) is 0 Å². The highest BCUT2D eigenvalue weighted by atomic mass is 16.6. The third-order valence-corrected chi connectivity index (χ3v) is 3.70. The quantitative estimate of drug-likeness (QED) is 0.392. The molecule has 0 saturated heterocycles. The fraction of sp³-hybridized carbons (Fsp3) is 0.833. The summed E-state index contributed by atoms with van der Waals surface area (Å²) in [5.74, 6) is 0. The summed E-state index contributed by atoms with van der Waals surface area (Å²) in [5, 5.41) is 5.48. The Morgan fingerprint density at radius 1 is 0.844 bits per heavy atom. The molecule has 0 saturated carbocycles. The van der Waals surface area contributed by atoms with Crippen molar-refractivity contribution >= 4 is 12.2 Å². The summed E-state index contributed by atoms with van der Waals surface area (Å²) in [5.41, 5.74) is -0.0781. The summed E-state index contributed by atoms with van der Waals surface area (Å²) >= 11 is 0. The Bertz CT molecular complexity index is 536. The van der Waals surface area contributed by atoms with E-state index in [2.05, 4.69) is 10.6 Å². The van der Waals surface area contributed by atoms with Crippen molar-refractivity contribution in [2.45, 2.75) is 105 Å². The predicted octanol–water partition coefficient (Wildman–Crippen LogP) is 5.56. The predicted molar refractivity (Wildman–Crippen MR) is 129 cm³/mol. The van der Waals surface area contributed by atoms with Crippen LogP contribution < -0.4 is 10.6 Å². The Hall–Kier alpha value is -1.80. The Morgan fingerprint density at radius 3 is 1.84 bits per heavy atom. The molecule has 0 aliphatic rings. The first kappa shape index (κ1) is 32.4. The number of hydrogen-bond acceptors (Lipinski definition) is 6. The maximum Gasteiger partial charge on any atom is 0.411 e. The SMILES string of the molecule is COCCC/C=C(/C)NC(=O)OC(C)(C)C.COCCCC[C@@H](C)NC(=O)OC(C)(C)C. The Balaban J connectivity index is 0. The number of ether oxygens (including phenoxy) is 4. The van der Waals surface area contributed by atoms with Crippen LogP contribution in [0, 0.1) is 0 Å². The van der Waals surface area contributed by atoms with E-state index in [0.29, 0.717) is 0 Å². The number of amides is 2. The van der Waals surface area contributed by atoms with E-state index in [9.17, 15) is 9.59 Å². The van der Waals surface area contributed by atoms with Crippen molar-refractivity contribution in [1.29, 1.82) is 0 Å². The second-order valence-electron chi connectivity index (χ2n) is 9.68. The lowest BCUT2D eigenvalue weighted by Gasteiger charge is -2.21. The number of hydrogen-bond donors (Lipinski definition) is 2. The molecule has 0 aromatic rings. The zero-order valence-corrected chi connectivity index (χ0v) is 22.1. The highest BCUT2D eigenvalue weighted by Gasteiger charge is 2.17. The van der Waals surface area contributed by atoms with Gasteiger partial charge in [0.25, 0.3) is 0 Å². The average Bonchev–Trinajstić information content (AvgIpc) is 2.59. The monoisotopic (exact) mass is 460 g/mol. The first-order valence-corrected chi connectivity index (χ1v) is 11.3. The molecule has 0 unspecified atom stereocenters. The molecule has 32 heavy (non-hydrogen) atoms. The van der Waals surface area contributed by atoms with Crippen molar-refractivity contribution < 1.29 is 28.5 Å². The molecule has 8 nitrogen and oxygen atoms in total. The summed E-state index contributed by atoms with van der Waals surface area (Å²) in [4.78, 5) is 22.8. The zero-order valence-electron chi connectivity index (χ0n) is 22.1. The Labute approximate surface area is 195 Å². The molecular formula is C24H48N2O6. The molecule has 2 amide bonds. The Kier molecular flexibility index (Phi) is 17.9. The molecular weight excluding hydrogens is 412 g/mol. The lowest BCUT2D eigenvalue weighted by Crippen LogP contribution is -2.37. The van der Waals surface area contributed by atoms with E-state index >= 15 is 0 Å². The minimum Gasteiger partial charge on any atom is -0.444 e. The minimum absolute atomic E-state index is 0.145. The summed E-state index contributed by atoms with van der Waals surface area (Å²) in [7, 11) is 3.37. The van der Waals surface area contributed by atoms with E-state index in [1.54, 1.807) is 14.2 Å². The van der Waals surface area contributed by atoms with Crippen LogP contribution in [0.25, 0.3) is 0 Å². The van der Waals surface area contributed by atoms with Crippen LogP contribution in [-0.4, -0.2) is 56.9 Å². The fourth-order valence-corrected chi connectivity index (χ4v) is 2.34. The maximum absolute atomic E-state index is 11.4. The lowest BCUT2D eigenvalue weighted by atomic mass is 10.1. The third-order valence-electron chi connectivity index (χ3n) is 3.70. The van der Waals surface area contributed by atoms with Gasteiger partial charge in [0, 0.05) is 39.2 Å². The number of carbonyl (C=O) groups excluding carboxylic acids is 2. The molecule has 8 heteroatoms. The van der Waals surface area contributed by atoms with Crippen LogP contribution in [0.15, 0.2) is 11.8 Å². The molecule has 0 bridgehead atoms. The zero-order chi connectivity index (χ0) is 25.2. The Morgan fingerprint density at radius 2 is 1.34 bits per heavy atom. The van der Waals surface area contributed by atoms with Crippen LogP contribution in [0.5, 0.6) is 0 Å². The molecule has 190 valence electrons. The van der Waals surface area contributed by atoms with Gasteiger partial charge in [-0.1, -0.05) is 6.08 Å². The summed E-state index contributed by atoms with van der Waals surface area (Å²) in [6.45, 7) is 16.4. The summed E-state index contributed by atoms with van der Waals surface area (Å²) < 4.78 is 20.2. The lowest BCUT2D eigenvalue weighted by molar-refractivity contribution is 0.0502. The van der Waals surface area contributed by atoms with Crippen LogP contribution in [0.1, 0.15) is 87.5 Å². The van der Waals surface area contributed by atoms with Gasteiger partial charge < -0.3 is 24.3 Å². The van der Waals surface area contributed by atoms with Crippen LogP contribution in [-0.2, 0) is 18.9 Å². The topological polar surface area (TPSA) is 95.1 Å². The number of methoxy groups -OCH3 is 2. The van der Waals surface area contributed by atoms with Gasteiger partial charge in [-0.25, -0.2) is 9.59 Å². The van der Waals surface area contributed by atoms with Gasteiger partial charge in [0.05, 0.1) is 0 Å². The van der Waals surface area contributed by atoms with Gasteiger partial charge >= 0.3 is 12.2 Å². The van der Waals surface area contributed by atoms with Gasteiger partial charge in [0.1, 0.15) is 11.2 Å². The van der Waals surface area contributed by atoms with E-state index < -0.39 is 17.3 Å². The molecule has 0 aliphatic heterocycles. The average molecular weight is 461 g/mol. The summed E-state index contributed by atoms with van der Waals surface area (Å²) in [6.07, 6.45) is 6.06. The number of allylic oxidation sites excluding steroid dienone is 2. The maximum atomic E-state index is 11.4. The highest BCUT2D eigenvalue weighted by molar-refractivity contribution is 5.69. The van der Waals surface area contributed by atoms with Crippen molar-refractivity contribution in [3.8, 4) is 0 Å². The van der Waals surface area contributed by atoms with Gasteiger partial charge in [0.2, 0.25) is 0 Å². The van der Waals surface area contributed by atoms with Gasteiger partial charge in [-0.3, -0.25) is 5.32 Å². The number of rotatable bonds is 11. The molecule has 0 radical (unpaired) electrons. The minimum atomic E-state index is -0.458. The van der Waals surface area contributed by atoms with E-state index in [-0.39, 0.29) is 12.1 Å². The van der Waals surface area contributed by atoms with Gasteiger partial charge in [-0.05, 0) is 87.5 Å². The molecule has 0 aliphatic carbocycles. The van der Waals surface area contributed by atoms with E-state index in [1.165, 1.54) is 0 Å². The van der Waals surface area contributed by atoms with Crippen LogP contribution in [0.4, 0.5) is 9.59 Å². The second kappa shape index (κ2) is 17.7. The number of nitrogens with one attached hydrogen (secondary N) is 2. The van der Waals surface area contributed by atoms with Crippen LogP contribution in [0.3, 0.4) is 0 Å². The molecule has 0 rings (SSSR count). The molecule has 0 aromatic carbocycles. The standard InChI is InChI=1S/C12H25NO3.C12H23NO3/c2*1-10(8-6-7-9-15-5)13-11(14)16-12(2,3)4/h10H,6-9H2,1-5H3,(H,13,14);8H,6-7,9H2,1-5H3,(H,13,14)/b;10-8-/t10-;/m1./s1. The second-order valence-corrected chi connectivity index (χ2v) is 9.68. The van der Waals surface area contributed by atoms with E-state index in [0.717, 1.165) is 51.0 Å². The van der Waals surface area contributed by atoms with Gasteiger partial charge in [0.15, 0.2) is 0 Å². The summed E-state index contributed by atoms with van der Waals surface area (Å²) in [6, 6.07) is 0.145. The van der Waals surface area contributed by atoms with E-state index in [4.69, 9.17) is 18.9 Å². The number of carbonyl (C=O) groups is 2. The first-order valence-electron chi connectivity index (χ1n) is 11.3. The molecule has 0 fully saturated rings. The fourth-order valence-electron chi connectivity index (χ4n) is 2.34. The molecule has 0 aromatic heterocycles. The molecule has 0 spiro atoms. The number of alkyl carbamates (subject to hydrolysis) is 2. The largest absolute Gasteiger partial charge is 0.444 e. The molecule has 0 heterocycles. The number of unbranched alkanes of at least 4 members (excludes halogenated alkanes) is 2. The van der Waals surface area contributed by atoms with Crippen molar-refractivity contribution in [2.75, 3.05) is 27.4 Å². The van der Waals surface area contributed by atoms with Crippen LogP contribution >= 0.6 is 0 Å². The van der Waals surface area contributed by atoms with Gasteiger partial charge in [-0.2, -0.15) is 0 Å². The highest BCUT2D eigenvalue weighted by Crippen LogP contribution is 2.08. The van der Waals surface area contributed by atoms with Crippen molar-refractivity contribution in [3.05, 3.63) is 11.8 Å². The third kappa shape index (κ3) is 26.2.